The van der Waals surface area contributed by atoms with Crippen LogP contribution in [0.3, 0.4) is 0 Å². The number of aromatic hydroxyl groups is 1. The molecule has 1 heterocycles. The number of benzene rings is 3. The van der Waals surface area contributed by atoms with E-state index in [1.807, 2.05) is 12.1 Å². The zero-order valence-corrected chi connectivity index (χ0v) is 25.6. The molecule has 0 radical (unpaired) electrons. The lowest BCUT2D eigenvalue weighted by Gasteiger charge is -2.42. The molecule has 0 bridgehead atoms. The quantitative estimate of drug-likeness (QED) is 0.163. The first-order valence-electron chi connectivity index (χ1n) is 14.5. The van der Waals surface area contributed by atoms with Gasteiger partial charge in [0.15, 0.2) is 17.3 Å². The highest BCUT2D eigenvalue weighted by atomic mass is 79.9. The normalized spacial score (nSPS) is 24.1. The first kappa shape index (κ1) is 28.9. The van der Waals surface area contributed by atoms with Gasteiger partial charge in [-0.25, -0.2) is 0 Å². The second-order valence-corrected chi connectivity index (χ2v) is 12.4. The number of phenolic OH excluding ortho intramolecular Hbond substituents is 1. The lowest BCUT2D eigenvalue weighted by Crippen LogP contribution is -2.39. The second-order valence-electron chi connectivity index (χ2n) is 11.5. The fourth-order valence-electron chi connectivity index (χ4n) is 7.31. The fourth-order valence-corrected chi connectivity index (χ4v) is 7.76. The number of hydrogen-bond donors (Lipinski definition) is 1. The van der Waals surface area contributed by atoms with E-state index in [1.54, 1.807) is 60.7 Å². The van der Waals surface area contributed by atoms with Crippen LogP contribution in [0.2, 0.25) is 0 Å². The number of allylic oxidation sites excluding steroid dienone is 6. The number of rotatable bonds is 5. The molecule has 4 aliphatic rings. The average Bonchev–Trinajstić information content (AvgIpc) is 3.32. The summed E-state index contributed by atoms with van der Waals surface area (Å²) in [6.07, 6.45) is 3.47. The number of carbonyl (C=O) groups excluding carboxylic acids is 5. The zero-order valence-electron chi connectivity index (χ0n) is 24.0. The summed E-state index contributed by atoms with van der Waals surface area (Å²) in [5.74, 6) is -4.31. The van der Waals surface area contributed by atoms with Crippen molar-refractivity contribution < 1.29 is 33.8 Å². The number of hydrogen-bond acceptors (Lipinski definition) is 7. The Bertz CT molecular complexity index is 1920. The minimum absolute atomic E-state index is 0.0969. The van der Waals surface area contributed by atoms with E-state index in [2.05, 4.69) is 15.9 Å². The van der Waals surface area contributed by atoms with Crippen molar-refractivity contribution in [2.75, 3.05) is 12.0 Å². The number of ether oxygens (including phenoxy) is 1. The number of fused-ring (bicyclic) bond motifs is 3. The number of ketones is 3. The molecule has 0 aromatic heterocycles. The molecule has 224 valence electrons. The molecule has 1 N–H and O–H groups in total. The van der Waals surface area contributed by atoms with Crippen molar-refractivity contribution in [3.8, 4) is 11.5 Å². The SMILES string of the molecule is COc1cccc(O)c1C1C2=CCC3C(=O)N(c4ccc(C(=O)c5ccccc5)cc4)C(=O)C3C2CC2=C1C(=O)C=C(Br)C2=O. The van der Waals surface area contributed by atoms with Crippen molar-refractivity contribution in [1.29, 1.82) is 0 Å². The minimum Gasteiger partial charge on any atom is -0.507 e. The zero-order chi connectivity index (χ0) is 31.6. The number of nitrogens with zero attached hydrogens (tertiary/aromatic N) is 1. The highest BCUT2D eigenvalue weighted by Gasteiger charge is 2.57. The first-order chi connectivity index (χ1) is 21.7. The molecule has 3 aromatic rings. The van der Waals surface area contributed by atoms with Gasteiger partial charge in [-0.15, -0.1) is 0 Å². The van der Waals surface area contributed by atoms with Gasteiger partial charge in [-0.05, 0) is 71.1 Å². The summed E-state index contributed by atoms with van der Waals surface area (Å²) >= 11 is 3.23. The smallest absolute Gasteiger partial charge is 0.238 e. The molecule has 4 unspecified atom stereocenters. The van der Waals surface area contributed by atoms with Gasteiger partial charge >= 0.3 is 0 Å². The summed E-state index contributed by atoms with van der Waals surface area (Å²) in [6, 6.07) is 20.0. The highest BCUT2D eigenvalue weighted by molar-refractivity contribution is 9.12. The number of carbonyl (C=O) groups is 5. The molecule has 7 rings (SSSR count). The monoisotopic (exact) mass is 663 g/mol. The molecule has 2 amide bonds. The van der Waals surface area contributed by atoms with Gasteiger partial charge in [-0.2, -0.15) is 0 Å². The third-order valence-corrected chi connectivity index (χ3v) is 9.90. The van der Waals surface area contributed by atoms with Crippen LogP contribution in [0.25, 0.3) is 0 Å². The van der Waals surface area contributed by atoms with E-state index in [9.17, 15) is 29.1 Å². The maximum Gasteiger partial charge on any atom is 0.238 e. The minimum atomic E-state index is -0.843. The fraction of sp³-hybridized carbons (Fsp3) is 0.194. The summed E-state index contributed by atoms with van der Waals surface area (Å²) in [4.78, 5) is 69.1. The molecule has 1 fully saturated rings. The Morgan fingerprint density at radius 1 is 0.889 bits per heavy atom. The molecule has 0 saturated carbocycles. The van der Waals surface area contributed by atoms with E-state index in [4.69, 9.17) is 4.74 Å². The Kier molecular flexibility index (Phi) is 7.00. The van der Waals surface area contributed by atoms with Crippen LogP contribution in [0.15, 0.2) is 106 Å². The van der Waals surface area contributed by atoms with Crippen LogP contribution in [0, 0.1) is 17.8 Å². The van der Waals surface area contributed by atoms with Crippen molar-refractivity contribution in [3.05, 3.63) is 123 Å². The Morgan fingerprint density at radius 3 is 2.31 bits per heavy atom. The van der Waals surface area contributed by atoms with Crippen LogP contribution < -0.4 is 9.64 Å². The van der Waals surface area contributed by atoms with Crippen LogP contribution in [0.4, 0.5) is 5.69 Å². The lowest BCUT2D eigenvalue weighted by atomic mass is 9.59. The van der Waals surface area contributed by atoms with E-state index < -0.39 is 29.6 Å². The number of Topliss-reactive ketones (excluding diaryl/α,β-unsaturated/α-hetero) is 1. The lowest BCUT2D eigenvalue weighted by molar-refractivity contribution is -0.123. The maximum atomic E-state index is 14.2. The molecular formula is C36H26BrNO7. The van der Waals surface area contributed by atoms with E-state index in [-0.39, 0.29) is 57.5 Å². The van der Waals surface area contributed by atoms with Crippen LogP contribution in [0.1, 0.15) is 40.2 Å². The van der Waals surface area contributed by atoms with Gasteiger partial charge in [0.05, 0.1) is 29.1 Å². The number of amides is 2. The molecular weight excluding hydrogens is 638 g/mol. The largest absolute Gasteiger partial charge is 0.507 e. The third-order valence-electron chi connectivity index (χ3n) is 9.31. The number of phenols is 1. The molecule has 0 spiro atoms. The molecule has 3 aliphatic carbocycles. The van der Waals surface area contributed by atoms with Gasteiger partial charge in [0, 0.05) is 39.8 Å². The van der Waals surface area contributed by atoms with Crippen molar-refractivity contribution in [3.63, 3.8) is 0 Å². The Labute approximate surface area is 266 Å². The number of anilines is 1. The Hall–Kier alpha value is -4.89. The summed E-state index contributed by atoms with van der Waals surface area (Å²) in [7, 11) is 1.46. The predicted molar refractivity (Wildman–Crippen MR) is 168 cm³/mol. The number of halogens is 1. The van der Waals surface area contributed by atoms with Crippen LogP contribution in [0.5, 0.6) is 11.5 Å². The molecule has 9 heteroatoms. The first-order valence-corrected chi connectivity index (χ1v) is 15.3. The van der Waals surface area contributed by atoms with Gasteiger partial charge in [0.25, 0.3) is 0 Å². The van der Waals surface area contributed by atoms with Gasteiger partial charge in [0.1, 0.15) is 11.5 Å². The molecule has 45 heavy (non-hydrogen) atoms. The summed E-state index contributed by atoms with van der Waals surface area (Å²) in [5, 5.41) is 11.1. The van der Waals surface area contributed by atoms with Crippen LogP contribution in [-0.4, -0.2) is 41.4 Å². The molecule has 1 saturated heterocycles. The van der Waals surface area contributed by atoms with Crippen LogP contribution in [-0.2, 0) is 19.2 Å². The van der Waals surface area contributed by atoms with E-state index in [0.29, 0.717) is 33.7 Å². The van der Waals surface area contributed by atoms with E-state index in [1.165, 1.54) is 24.2 Å². The van der Waals surface area contributed by atoms with Crippen molar-refractivity contribution in [2.45, 2.75) is 18.8 Å². The number of imide groups is 1. The maximum absolute atomic E-state index is 14.2. The third kappa shape index (κ3) is 4.44. The van der Waals surface area contributed by atoms with Crippen molar-refractivity contribution in [1.82, 2.24) is 0 Å². The summed E-state index contributed by atoms with van der Waals surface area (Å²) in [5.41, 5.74) is 2.86. The second kappa shape index (κ2) is 10.9. The van der Waals surface area contributed by atoms with Gasteiger partial charge in [0.2, 0.25) is 11.8 Å². The van der Waals surface area contributed by atoms with Crippen molar-refractivity contribution in [2.24, 2.45) is 17.8 Å². The van der Waals surface area contributed by atoms with Crippen LogP contribution >= 0.6 is 15.9 Å². The predicted octanol–water partition coefficient (Wildman–Crippen LogP) is 5.60. The Balaban J connectivity index is 1.28. The number of methoxy groups -OCH3 is 1. The topological polar surface area (TPSA) is 118 Å². The molecule has 1 aliphatic heterocycles. The van der Waals surface area contributed by atoms with Gasteiger partial charge in [-0.1, -0.05) is 48.0 Å². The highest BCUT2D eigenvalue weighted by Crippen LogP contribution is 2.57. The Morgan fingerprint density at radius 2 is 1.60 bits per heavy atom. The van der Waals surface area contributed by atoms with E-state index in [0.717, 1.165) is 0 Å². The average molecular weight is 665 g/mol. The summed E-state index contributed by atoms with van der Waals surface area (Å²) in [6.45, 7) is 0. The van der Waals surface area contributed by atoms with Crippen molar-refractivity contribution >= 4 is 50.8 Å². The molecule has 3 aromatic carbocycles. The van der Waals surface area contributed by atoms with E-state index >= 15 is 0 Å². The summed E-state index contributed by atoms with van der Waals surface area (Å²) < 4.78 is 5.71. The standard InChI is InChI=1S/C36H26BrNO7/c1-45-28-9-5-8-26(39)32(28)31-21-14-15-22-29(23(21)16-24-30(31)27(40)17-25(37)34(24)42)36(44)38(35(22)43)20-12-10-19(11-13-20)33(41)18-6-3-2-4-7-18/h2-14,17,22-23,29,31,39H,15-16H2,1H3. The van der Waals surface area contributed by atoms with Gasteiger partial charge in [-0.3, -0.25) is 28.9 Å². The van der Waals surface area contributed by atoms with Gasteiger partial charge < -0.3 is 9.84 Å². The molecule has 8 nitrogen and oxygen atoms in total. The molecule has 4 atom stereocenters.